The number of rotatable bonds is 4. The van der Waals surface area contributed by atoms with Crippen LogP contribution >= 0.6 is 11.3 Å². The highest BCUT2D eigenvalue weighted by atomic mass is 32.2. The maximum Gasteiger partial charge on any atom is 0.272 e. The van der Waals surface area contributed by atoms with Gasteiger partial charge in [0.05, 0.1) is 21.7 Å². The van der Waals surface area contributed by atoms with E-state index >= 15 is 0 Å². The topological polar surface area (TPSA) is 113 Å². The van der Waals surface area contributed by atoms with Gasteiger partial charge in [-0.25, -0.2) is 13.6 Å². The van der Waals surface area contributed by atoms with Gasteiger partial charge in [-0.15, -0.1) is 6.42 Å². The number of aromatic nitrogens is 1. The Morgan fingerprint density at radius 3 is 2.83 bits per heavy atom. The number of carbonyl (C=O) groups is 1. The molecule has 10 heteroatoms. The number of carbonyl (C=O) groups excluding carboxylic acids is 1. The summed E-state index contributed by atoms with van der Waals surface area (Å²) in [7, 11) is -3.85. The lowest BCUT2D eigenvalue weighted by molar-refractivity contribution is -0.113. The number of hydrogen-bond donors (Lipinski definition) is 1. The summed E-state index contributed by atoms with van der Waals surface area (Å²) in [5.41, 5.74) is 1.42. The summed E-state index contributed by atoms with van der Waals surface area (Å²) in [4.78, 5) is 16.8. The Morgan fingerprint density at radius 1 is 1.27 bits per heavy atom. The molecule has 4 rings (SSSR count). The largest absolute Gasteiger partial charge is 0.454 e. The van der Waals surface area contributed by atoms with E-state index in [0.717, 1.165) is 16.9 Å². The third kappa shape index (κ3) is 3.99. The van der Waals surface area contributed by atoms with Gasteiger partial charge in [0, 0.05) is 6.08 Å². The fourth-order valence-corrected chi connectivity index (χ4v) is 4.56. The molecule has 0 unspecified atom stereocenters. The van der Waals surface area contributed by atoms with Crippen molar-refractivity contribution in [2.45, 2.75) is 11.4 Å². The Balaban J connectivity index is 1.69. The zero-order chi connectivity index (χ0) is 21.3. The predicted molar refractivity (Wildman–Crippen MR) is 112 cm³/mol. The molecule has 152 valence electrons. The second-order valence-electron chi connectivity index (χ2n) is 6.25. The normalized spacial score (nSPS) is 13.8. The van der Waals surface area contributed by atoms with Crippen LogP contribution in [0.1, 0.15) is 5.56 Å². The molecule has 1 aromatic heterocycles. The highest BCUT2D eigenvalue weighted by molar-refractivity contribution is 7.89. The summed E-state index contributed by atoms with van der Waals surface area (Å²) in [5.74, 6) is 3.29. The Hall–Kier alpha value is -3.39. The predicted octanol–water partition coefficient (Wildman–Crippen LogP) is 1.85. The molecule has 2 heterocycles. The first-order valence-electron chi connectivity index (χ1n) is 8.61. The highest BCUT2D eigenvalue weighted by Crippen LogP contribution is 2.32. The summed E-state index contributed by atoms with van der Waals surface area (Å²) in [5, 5.41) is 5.20. The monoisotopic (exact) mass is 441 g/mol. The van der Waals surface area contributed by atoms with Gasteiger partial charge in [0.1, 0.15) is 0 Å². The average molecular weight is 441 g/mol. The number of ether oxygens (including phenoxy) is 2. The van der Waals surface area contributed by atoms with E-state index in [1.165, 1.54) is 18.2 Å². The SMILES string of the molecule is C#CCn1c(=NC(=O)/C=C\c2ccc3c(c2)OCO3)sc2cc(S(N)(=O)=O)ccc21. The van der Waals surface area contributed by atoms with Gasteiger partial charge < -0.3 is 14.0 Å². The van der Waals surface area contributed by atoms with E-state index < -0.39 is 15.9 Å². The molecule has 1 amide bonds. The molecule has 2 N–H and O–H groups in total. The Morgan fingerprint density at radius 2 is 2.07 bits per heavy atom. The molecule has 2 aromatic carbocycles. The summed E-state index contributed by atoms with van der Waals surface area (Å²) >= 11 is 1.15. The number of terminal acetylenes is 1. The van der Waals surface area contributed by atoms with Gasteiger partial charge in [0.25, 0.3) is 5.91 Å². The Kier molecular flexibility index (Phi) is 5.17. The molecular weight excluding hydrogens is 426 g/mol. The number of thiazole rings is 1. The van der Waals surface area contributed by atoms with Gasteiger partial charge >= 0.3 is 0 Å². The zero-order valence-corrected chi connectivity index (χ0v) is 17.1. The van der Waals surface area contributed by atoms with E-state index in [4.69, 9.17) is 21.0 Å². The number of hydrogen-bond acceptors (Lipinski definition) is 6. The van der Waals surface area contributed by atoms with Crippen molar-refractivity contribution in [3.63, 3.8) is 0 Å². The average Bonchev–Trinajstić information content (AvgIpc) is 3.30. The summed E-state index contributed by atoms with van der Waals surface area (Å²) in [6, 6.07) is 9.74. The molecule has 0 saturated heterocycles. The fourth-order valence-electron chi connectivity index (χ4n) is 2.88. The number of nitrogens with zero attached hydrogens (tertiary/aromatic N) is 2. The van der Waals surface area contributed by atoms with Gasteiger partial charge in [-0.1, -0.05) is 23.3 Å². The summed E-state index contributed by atoms with van der Waals surface area (Å²) in [6.45, 7) is 0.345. The van der Waals surface area contributed by atoms with Crippen LogP contribution in [0.25, 0.3) is 16.3 Å². The first-order valence-corrected chi connectivity index (χ1v) is 11.0. The standard InChI is InChI=1S/C20H15N3O5S2/c1-2-9-23-15-6-5-14(30(21,25)26)11-18(15)29-20(23)22-19(24)8-4-13-3-7-16-17(10-13)28-12-27-16/h1,3-8,10-11H,9,12H2,(H2,21,25,26)/b8-4-,22-20?. The van der Waals surface area contributed by atoms with Crippen LogP contribution in [-0.2, 0) is 21.4 Å². The van der Waals surface area contributed by atoms with Crippen LogP contribution in [0, 0.1) is 12.3 Å². The van der Waals surface area contributed by atoms with Crippen molar-refractivity contribution in [2.24, 2.45) is 10.1 Å². The molecule has 0 spiro atoms. The lowest BCUT2D eigenvalue weighted by Crippen LogP contribution is -2.16. The first-order chi connectivity index (χ1) is 14.3. The van der Waals surface area contributed by atoms with Crippen LogP contribution in [0.4, 0.5) is 0 Å². The van der Waals surface area contributed by atoms with Crippen LogP contribution in [-0.4, -0.2) is 25.7 Å². The lowest BCUT2D eigenvalue weighted by Gasteiger charge is -2.01. The molecule has 30 heavy (non-hydrogen) atoms. The number of nitrogens with two attached hydrogens (primary N) is 1. The number of benzene rings is 2. The van der Waals surface area contributed by atoms with Crippen LogP contribution in [0.3, 0.4) is 0 Å². The fraction of sp³-hybridized carbons (Fsp3) is 0.100. The van der Waals surface area contributed by atoms with Crippen molar-refractivity contribution in [3.8, 4) is 23.8 Å². The summed E-state index contributed by atoms with van der Waals surface area (Å²) < 4.78 is 36.0. The van der Waals surface area contributed by atoms with E-state index in [1.807, 2.05) is 0 Å². The minimum Gasteiger partial charge on any atom is -0.454 e. The number of primary sulfonamides is 1. The highest BCUT2D eigenvalue weighted by Gasteiger charge is 2.13. The van der Waals surface area contributed by atoms with E-state index in [0.29, 0.717) is 26.5 Å². The second-order valence-corrected chi connectivity index (χ2v) is 8.82. The summed E-state index contributed by atoms with van der Waals surface area (Å²) in [6.07, 6.45) is 8.39. The van der Waals surface area contributed by atoms with Crippen molar-refractivity contribution in [3.05, 3.63) is 52.8 Å². The molecule has 0 atom stereocenters. The van der Waals surface area contributed by atoms with E-state index in [-0.39, 0.29) is 18.2 Å². The second kappa shape index (κ2) is 7.79. The molecule has 0 fully saturated rings. The molecule has 1 aliphatic heterocycles. The molecule has 0 bridgehead atoms. The Bertz CT molecular complexity index is 1410. The molecule has 0 radical (unpaired) electrons. The minimum atomic E-state index is -3.85. The van der Waals surface area contributed by atoms with Gasteiger partial charge in [-0.05, 0) is 42.0 Å². The van der Waals surface area contributed by atoms with Gasteiger partial charge in [-0.3, -0.25) is 4.79 Å². The first kappa shape index (κ1) is 19.9. The van der Waals surface area contributed by atoms with Crippen LogP contribution in [0.2, 0.25) is 0 Å². The third-order valence-corrected chi connectivity index (χ3v) is 6.21. The van der Waals surface area contributed by atoms with Gasteiger partial charge in [0.15, 0.2) is 16.3 Å². The van der Waals surface area contributed by atoms with Crippen molar-refractivity contribution >= 4 is 43.6 Å². The number of sulfonamides is 1. The van der Waals surface area contributed by atoms with Crippen LogP contribution in [0.15, 0.2) is 52.4 Å². The molecular formula is C20H15N3O5S2. The van der Waals surface area contributed by atoms with Crippen molar-refractivity contribution < 1.29 is 22.7 Å². The molecule has 1 aliphatic rings. The maximum absolute atomic E-state index is 12.4. The molecule has 3 aromatic rings. The molecule has 0 aliphatic carbocycles. The minimum absolute atomic E-state index is 0.0234. The smallest absolute Gasteiger partial charge is 0.272 e. The van der Waals surface area contributed by atoms with E-state index in [1.54, 1.807) is 34.9 Å². The van der Waals surface area contributed by atoms with Crippen molar-refractivity contribution in [2.75, 3.05) is 6.79 Å². The van der Waals surface area contributed by atoms with Crippen molar-refractivity contribution in [1.82, 2.24) is 4.57 Å². The number of fused-ring (bicyclic) bond motifs is 2. The lowest BCUT2D eigenvalue weighted by atomic mass is 10.2. The number of amides is 1. The third-order valence-electron chi connectivity index (χ3n) is 4.25. The van der Waals surface area contributed by atoms with Crippen LogP contribution < -0.4 is 19.4 Å². The van der Waals surface area contributed by atoms with Crippen LogP contribution in [0.5, 0.6) is 11.5 Å². The van der Waals surface area contributed by atoms with E-state index in [2.05, 4.69) is 10.9 Å². The van der Waals surface area contributed by atoms with Gasteiger partial charge in [-0.2, -0.15) is 4.99 Å². The Labute approximate surface area is 175 Å². The van der Waals surface area contributed by atoms with Gasteiger partial charge in [0.2, 0.25) is 16.8 Å². The zero-order valence-electron chi connectivity index (χ0n) is 15.4. The molecule has 8 nitrogen and oxygen atoms in total. The molecule has 0 saturated carbocycles. The quantitative estimate of drug-likeness (QED) is 0.490. The van der Waals surface area contributed by atoms with E-state index in [9.17, 15) is 13.2 Å². The van der Waals surface area contributed by atoms with Crippen molar-refractivity contribution in [1.29, 1.82) is 0 Å². The maximum atomic E-state index is 12.4.